The summed E-state index contributed by atoms with van der Waals surface area (Å²) in [5, 5.41) is 12.9. The lowest BCUT2D eigenvalue weighted by Gasteiger charge is -2.15. The minimum absolute atomic E-state index is 0.0702. The Labute approximate surface area is 156 Å². The van der Waals surface area contributed by atoms with Gasteiger partial charge in [0.1, 0.15) is 6.54 Å². The van der Waals surface area contributed by atoms with E-state index in [1.165, 1.54) is 17.2 Å². The van der Waals surface area contributed by atoms with Crippen molar-refractivity contribution in [3.05, 3.63) is 71.3 Å². The van der Waals surface area contributed by atoms with Crippen LogP contribution in [0.15, 0.2) is 59.7 Å². The molecule has 1 aliphatic heterocycles. The first kappa shape index (κ1) is 18.3. The Morgan fingerprint density at radius 1 is 1.15 bits per heavy atom. The molecule has 3 rings (SSSR count). The van der Waals surface area contributed by atoms with Crippen LogP contribution in [0.25, 0.3) is 0 Å². The maximum atomic E-state index is 12.2. The molecule has 0 spiro atoms. The maximum Gasteiger partial charge on any atom is 0.336 e. The van der Waals surface area contributed by atoms with E-state index < -0.39 is 11.9 Å². The monoisotopic (exact) mass is 365 g/mol. The smallest absolute Gasteiger partial charge is 0.336 e. The number of nitrogens with zero attached hydrogens (tertiary/aromatic N) is 2. The van der Waals surface area contributed by atoms with Gasteiger partial charge in [0.05, 0.1) is 11.8 Å². The van der Waals surface area contributed by atoms with E-state index in [-0.39, 0.29) is 23.9 Å². The Hall–Kier alpha value is -3.48. The predicted octanol–water partition coefficient (Wildman–Crippen LogP) is 1.85. The number of carbonyl (C=O) groups excluding carboxylic acids is 2. The molecule has 2 amide bonds. The van der Waals surface area contributed by atoms with Gasteiger partial charge in [-0.25, -0.2) is 10.2 Å². The SMILES string of the molecule is O=C(CN1CC(c2ccccc2)CC1=O)NN=Cc1ccccc1C(=O)O. The molecule has 2 aromatic rings. The largest absolute Gasteiger partial charge is 0.478 e. The molecule has 1 saturated heterocycles. The van der Waals surface area contributed by atoms with Crippen LogP contribution in [0.3, 0.4) is 0 Å². The first-order valence-electron chi connectivity index (χ1n) is 8.51. The van der Waals surface area contributed by atoms with Crippen molar-refractivity contribution >= 4 is 24.0 Å². The number of benzene rings is 2. The summed E-state index contributed by atoms with van der Waals surface area (Å²) in [4.78, 5) is 36.9. The highest BCUT2D eigenvalue weighted by molar-refractivity contribution is 5.98. The standard InChI is InChI=1S/C20H19N3O4/c24-18(22-21-11-15-8-4-5-9-17(15)20(26)27)13-23-12-16(10-19(23)25)14-6-2-1-3-7-14/h1-9,11,16H,10,12-13H2,(H,22,24)(H,26,27). The fraction of sp³-hybridized carbons (Fsp3) is 0.200. The van der Waals surface area contributed by atoms with Gasteiger partial charge in [-0.1, -0.05) is 48.5 Å². The van der Waals surface area contributed by atoms with Crippen molar-refractivity contribution in [3.8, 4) is 0 Å². The van der Waals surface area contributed by atoms with Crippen LogP contribution in [0.5, 0.6) is 0 Å². The highest BCUT2D eigenvalue weighted by atomic mass is 16.4. The van der Waals surface area contributed by atoms with Crippen molar-refractivity contribution < 1.29 is 19.5 Å². The average Bonchev–Trinajstić information content (AvgIpc) is 3.03. The molecule has 27 heavy (non-hydrogen) atoms. The third-order valence-electron chi connectivity index (χ3n) is 4.40. The molecule has 2 aromatic carbocycles. The van der Waals surface area contributed by atoms with Gasteiger partial charge in [-0.2, -0.15) is 5.10 Å². The zero-order valence-electron chi connectivity index (χ0n) is 14.5. The summed E-state index contributed by atoms with van der Waals surface area (Å²) in [5.74, 6) is -1.49. The topological polar surface area (TPSA) is 99.1 Å². The van der Waals surface area contributed by atoms with Crippen LogP contribution in [0, 0.1) is 0 Å². The zero-order chi connectivity index (χ0) is 19.2. The predicted molar refractivity (Wildman–Crippen MR) is 99.5 cm³/mol. The zero-order valence-corrected chi connectivity index (χ0v) is 14.5. The molecule has 0 aliphatic carbocycles. The second kappa shape index (κ2) is 8.27. The van der Waals surface area contributed by atoms with E-state index in [0.717, 1.165) is 5.56 Å². The van der Waals surface area contributed by atoms with Crippen molar-refractivity contribution in [1.82, 2.24) is 10.3 Å². The molecule has 1 aliphatic rings. The Kier molecular flexibility index (Phi) is 5.61. The molecule has 1 unspecified atom stereocenters. The lowest BCUT2D eigenvalue weighted by atomic mass is 9.99. The molecule has 7 nitrogen and oxygen atoms in total. The summed E-state index contributed by atoms with van der Waals surface area (Å²) in [6.07, 6.45) is 1.66. The van der Waals surface area contributed by atoms with Crippen molar-refractivity contribution in [2.75, 3.05) is 13.1 Å². The maximum absolute atomic E-state index is 12.2. The summed E-state index contributed by atoms with van der Waals surface area (Å²) >= 11 is 0. The van der Waals surface area contributed by atoms with Gasteiger partial charge >= 0.3 is 5.97 Å². The summed E-state index contributed by atoms with van der Waals surface area (Å²) in [6, 6.07) is 16.1. The van der Waals surface area contributed by atoms with Gasteiger partial charge in [-0.3, -0.25) is 9.59 Å². The molecule has 0 radical (unpaired) electrons. The molecule has 0 aromatic heterocycles. The molecule has 0 saturated carbocycles. The minimum Gasteiger partial charge on any atom is -0.478 e. The van der Waals surface area contributed by atoms with Crippen LogP contribution in [-0.2, 0) is 9.59 Å². The van der Waals surface area contributed by atoms with E-state index in [0.29, 0.717) is 18.5 Å². The van der Waals surface area contributed by atoms with E-state index in [1.54, 1.807) is 18.2 Å². The van der Waals surface area contributed by atoms with Crippen molar-refractivity contribution in [3.63, 3.8) is 0 Å². The first-order valence-corrected chi connectivity index (χ1v) is 8.51. The highest BCUT2D eigenvalue weighted by Crippen LogP contribution is 2.27. The van der Waals surface area contributed by atoms with Gasteiger partial charge in [-0.05, 0) is 11.6 Å². The number of carbonyl (C=O) groups is 3. The fourth-order valence-electron chi connectivity index (χ4n) is 3.06. The van der Waals surface area contributed by atoms with Gasteiger partial charge in [0.2, 0.25) is 5.91 Å². The molecule has 0 bridgehead atoms. The minimum atomic E-state index is -1.07. The Morgan fingerprint density at radius 3 is 2.59 bits per heavy atom. The second-order valence-corrected chi connectivity index (χ2v) is 6.27. The van der Waals surface area contributed by atoms with Crippen LogP contribution in [-0.4, -0.2) is 47.1 Å². The summed E-state index contributed by atoms with van der Waals surface area (Å²) in [5.41, 5.74) is 3.90. The van der Waals surface area contributed by atoms with Crippen LogP contribution in [0.2, 0.25) is 0 Å². The van der Waals surface area contributed by atoms with E-state index in [9.17, 15) is 14.4 Å². The van der Waals surface area contributed by atoms with Crippen molar-refractivity contribution in [2.24, 2.45) is 5.10 Å². The highest BCUT2D eigenvalue weighted by Gasteiger charge is 2.31. The van der Waals surface area contributed by atoms with E-state index in [4.69, 9.17) is 5.11 Å². The molecule has 1 atom stereocenters. The molecule has 1 heterocycles. The Balaban J connectivity index is 1.55. The van der Waals surface area contributed by atoms with Gasteiger partial charge < -0.3 is 10.0 Å². The number of hydrogen-bond donors (Lipinski definition) is 2. The summed E-state index contributed by atoms with van der Waals surface area (Å²) < 4.78 is 0. The van der Waals surface area contributed by atoms with Crippen molar-refractivity contribution in [2.45, 2.75) is 12.3 Å². The third kappa shape index (κ3) is 4.58. The lowest BCUT2D eigenvalue weighted by molar-refractivity contribution is -0.133. The van der Waals surface area contributed by atoms with Crippen LogP contribution in [0.1, 0.15) is 33.8 Å². The van der Waals surface area contributed by atoms with Crippen LogP contribution >= 0.6 is 0 Å². The summed E-state index contributed by atoms with van der Waals surface area (Å²) in [6.45, 7) is 0.405. The number of rotatable bonds is 6. The number of hydrazone groups is 1. The first-order chi connectivity index (χ1) is 13.0. The number of likely N-dealkylation sites (tertiary alicyclic amines) is 1. The fourth-order valence-corrected chi connectivity index (χ4v) is 3.06. The third-order valence-corrected chi connectivity index (χ3v) is 4.40. The molecule has 2 N–H and O–H groups in total. The number of hydrogen-bond acceptors (Lipinski definition) is 4. The molecular weight excluding hydrogens is 346 g/mol. The van der Waals surface area contributed by atoms with Gasteiger partial charge in [-0.15, -0.1) is 0 Å². The van der Waals surface area contributed by atoms with Gasteiger partial charge in [0, 0.05) is 24.4 Å². The van der Waals surface area contributed by atoms with E-state index >= 15 is 0 Å². The van der Waals surface area contributed by atoms with Crippen LogP contribution < -0.4 is 5.43 Å². The van der Waals surface area contributed by atoms with E-state index in [2.05, 4.69) is 10.5 Å². The molecule has 1 fully saturated rings. The number of aromatic carboxylic acids is 1. The summed E-state index contributed by atoms with van der Waals surface area (Å²) in [7, 11) is 0. The molecule has 138 valence electrons. The number of carboxylic acids is 1. The van der Waals surface area contributed by atoms with E-state index in [1.807, 2.05) is 30.3 Å². The van der Waals surface area contributed by atoms with Gasteiger partial charge in [0.15, 0.2) is 0 Å². The quantitative estimate of drug-likeness (QED) is 0.603. The number of carboxylic acid groups (broad SMARTS) is 1. The van der Waals surface area contributed by atoms with Crippen LogP contribution in [0.4, 0.5) is 0 Å². The molecule has 7 heteroatoms. The number of amides is 2. The molecular formula is C20H19N3O4. The average molecular weight is 365 g/mol. The number of nitrogens with one attached hydrogen (secondary N) is 1. The van der Waals surface area contributed by atoms with Gasteiger partial charge in [0.25, 0.3) is 5.91 Å². The lowest BCUT2D eigenvalue weighted by Crippen LogP contribution is -2.36. The second-order valence-electron chi connectivity index (χ2n) is 6.27. The van der Waals surface area contributed by atoms with Crippen molar-refractivity contribution in [1.29, 1.82) is 0 Å². The Morgan fingerprint density at radius 2 is 1.85 bits per heavy atom. The normalized spacial score (nSPS) is 16.7. The Bertz CT molecular complexity index is 880.